The van der Waals surface area contributed by atoms with E-state index in [-0.39, 0.29) is 23.8 Å². The monoisotopic (exact) mass is 364 g/mol. The summed E-state index contributed by atoms with van der Waals surface area (Å²) >= 11 is 2.04. The van der Waals surface area contributed by atoms with Crippen LogP contribution in [0.1, 0.15) is 27.2 Å². The molecular weight excluding hydrogens is 346 g/mol. The summed E-state index contributed by atoms with van der Waals surface area (Å²) in [6, 6.07) is 4.27. The van der Waals surface area contributed by atoms with E-state index in [0.29, 0.717) is 0 Å². The summed E-state index contributed by atoms with van der Waals surface area (Å²) in [4.78, 5) is 11.8. The quantitative estimate of drug-likeness (QED) is 0.789. The molecule has 0 fully saturated rings. The first-order valence-corrected chi connectivity index (χ1v) is 7.03. The molecule has 18 heavy (non-hydrogen) atoms. The van der Waals surface area contributed by atoms with Crippen LogP contribution < -0.4 is 10.6 Å². The van der Waals surface area contributed by atoms with Crippen molar-refractivity contribution in [3.63, 3.8) is 0 Å². The minimum atomic E-state index is -0.349. The highest BCUT2D eigenvalue weighted by Crippen LogP contribution is 2.19. The Bertz CT molecular complexity index is 425. The number of halogens is 2. The minimum Gasteiger partial charge on any atom is -0.373 e. The number of hydrogen-bond donors (Lipinski definition) is 2. The molecule has 1 aromatic rings. The Morgan fingerprint density at radius 3 is 2.67 bits per heavy atom. The number of nitrogens with one attached hydrogen (secondary N) is 2. The predicted molar refractivity (Wildman–Crippen MR) is 80.1 cm³/mol. The molecule has 0 radical (unpaired) electrons. The van der Waals surface area contributed by atoms with Crippen molar-refractivity contribution in [2.45, 2.75) is 39.3 Å². The average Bonchev–Trinajstić information content (AvgIpc) is 2.32. The van der Waals surface area contributed by atoms with E-state index in [0.717, 1.165) is 15.7 Å². The molecule has 0 aromatic heterocycles. The van der Waals surface area contributed by atoms with Gasteiger partial charge in [0.1, 0.15) is 11.9 Å². The Labute approximate surface area is 121 Å². The second-order valence-electron chi connectivity index (χ2n) is 4.31. The lowest BCUT2D eigenvalue weighted by atomic mass is 10.2. The normalized spacial score (nSPS) is 13.8. The Morgan fingerprint density at radius 2 is 2.11 bits per heavy atom. The van der Waals surface area contributed by atoms with E-state index >= 15 is 0 Å². The molecule has 0 aliphatic carbocycles. The van der Waals surface area contributed by atoms with Crippen LogP contribution in [0.5, 0.6) is 0 Å². The van der Waals surface area contributed by atoms with Gasteiger partial charge in [-0.3, -0.25) is 4.79 Å². The number of hydrogen-bond acceptors (Lipinski definition) is 2. The smallest absolute Gasteiger partial charge is 0.242 e. The van der Waals surface area contributed by atoms with Gasteiger partial charge in [0, 0.05) is 15.3 Å². The van der Waals surface area contributed by atoms with Crippen LogP contribution in [0.15, 0.2) is 18.2 Å². The van der Waals surface area contributed by atoms with Gasteiger partial charge in [-0.2, -0.15) is 0 Å². The van der Waals surface area contributed by atoms with E-state index in [4.69, 9.17) is 0 Å². The van der Waals surface area contributed by atoms with Crippen molar-refractivity contribution in [2.75, 3.05) is 5.32 Å². The fourth-order valence-corrected chi connectivity index (χ4v) is 2.01. The number of benzene rings is 1. The van der Waals surface area contributed by atoms with Crippen LogP contribution in [0.3, 0.4) is 0 Å². The van der Waals surface area contributed by atoms with Crippen LogP contribution in [0, 0.1) is 9.39 Å². The van der Waals surface area contributed by atoms with Gasteiger partial charge in [-0.05, 0) is 61.1 Å². The molecule has 1 rings (SSSR count). The molecule has 0 aliphatic rings. The van der Waals surface area contributed by atoms with Crippen molar-refractivity contribution in [1.29, 1.82) is 0 Å². The Hall–Kier alpha value is -0.850. The van der Waals surface area contributed by atoms with Crippen molar-refractivity contribution in [3.05, 3.63) is 27.6 Å². The molecule has 3 nitrogen and oxygen atoms in total. The van der Waals surface area contributed by atoms with Crippen molar-refractivity contribution in [2.24, 2.45) is 0 Å². The van der Waals surface area contributed by atoms with Crippen molar-refractivity contribution in [1.82, 2.24) is 5.32 Å². The van der Waals surface area contributed by atoms with E-state index in [2.05, 4.69) is 10.6 Å². The van der Waals surface area contributed by atoms with E-state index in [9.17, 15) is 9.18 Å². The molecule has 0 spiro atoms. The number of amides is 1. The Balaban J connectivity index is 2.63. The molecule has 1 aromatic carbocycles. The Morgan fingerprint density at radius 1 is 1.44 bits per heavy atom. The lowest BCUT2D eigenvalue weighted by Gasteiger charge is -2.19. The lowest BCUT2D eigenvalue weighted by Crippen LogP contribution is -2.41. The zero-order chi connectivity index (χ0) is 13.7. The molecule has 0 saturated carbocycles. The summed E-state index contributed by atoms with van der Waals surface area (Å²) in [5.41, 5.74) is 0.767. The zero-order valence-electron chi connectivity index (χ0n) is 10.8. The second-order valence-corrected chi connectivity index (χ2v) is 5.47. The summed E-state index contributed by atoms with van der Waals surface area (Å²) in [6.07, 6.45) is 0.895. The molecule has 5 heteroatoms. The maximum absolute atomic E-state index is 12.9. The lowest BCUT2D eigenvalue weighted by molar-refractivity contribution is -0.122. The fraction of sp³-hybridized carbons (Fsp3) is 0.462. The third-order valence-electron chi connectivity index (χ3n) is 2.70. The zero-order valence-corrected chi connectivity index (χ0v) is 12.9. The summed E-state index contributed by atoms with van der Waals surface area (Å²) in [6.45, 7) is 5.77. The number of anilines is 1. The highest BCUT2D eigenvalue weighted by atomic mass is 127. The van der Waals surface area contributed by atoms with Crippen molar-refractivity contribution in [3.8, 4) is 0 Å². The molecule has 2 unspecified atom stereocenters. The van der Waals surface area contributed by atoms with Crippen LogP contribution in [-0.2, 0) is 4.79 Å². The van der Waals surface area contributed by atoms with E-state index in [1.807, 2.05) is 36.4 Å². The van der Waals surface area contributed by atoms with Crippen LogP contribution in [-0.4, -0.2) is 18.0 Å². The number of rotatable bonds is 5. The average molecular weight is 364 g/mol. The van der Waals surface area contributed by atoms with Gasteiger partial charge in [0.25, 0.3) is 0 Å². The van der Waals surface area contributed by atoms with Crippen LogP contribution in [0.25, 0.3) is 0 Å². The first-order valence-electron chi connectivity index (χ1n) is 5.96. The summed E-state index contributed by atoms with van der Waals surface area (Å²) in [5, 5.41) is 5.98. The van der Waals surface area contributed by atoms with Gasteiger partial charge in [-0.1, -0.05) is 6.92 Å². The highest BCUT2D eigenvalue weighted by molar-refractivity contribution is 14.1. The van der Waals surface area contributed by atoms with Crippen LogP contribution >= 0.6 is 22.6 Å². The van der Waals surface area contributed by atoms with Gasteiger partial charge in [-0.15, -0.1) is 0 Å². The molecule has 0 heterocycles. The molecule has 1 amide bonds. The topological polar surface area (TPSA) is 41.1 Å². The molecule has 2 N–H and O–H groups in total. The third kappa shape index (κ3) is 4.44. The van der Waals surface area contributed by atoms with Gasteiger partial charge >= 0.3 is 0 Å². The minimum absolute atomic E-state index is 0.0514. The summed E-state index contributed by atoms with van der Waals surface area (Å²) in [5.74, 6) is -0.328. The van der Waals surface area contributed by atoms with Crippen LogP contribution in [0.4, 0.5) is 10.1 Å². The molecule has 0 bridgehead atoms. The summed E-state index contributed by atoms with van der Waals surface area (Å²) in [7, 11) is 0. The summed E-state index contributed by atoms with van der Waals surface area (Å²) < 4.78 is 13.7. The SMILES string of the molecule is CCC(C)NC(=O)C(C)Nc1ccc(F)cc1I. The highest BCUT2D eigenvalue weighted by Gasteiger charge is 2.15. The predicted octanol–water partition coefficient (Wildman–Crippen LogP) is 3.15. The van der Waals surface area contributed by atoms with E-state index in [1.54, 1.807) is 13.0 Å². The standard InChI is InChI=1S/C13H18FIN2O/c1-4-8(2)16-13(18)9(3)17-12-6-5-10(14)7-11(12)15/h5-9,17H,4H2,1-3H3,(H,16,18). The Kier molecular flexibility index (Phi) is 5.84. The second kappa shape index (κ2) is 6.92. The number of carbonyl (C=O) groups is 1. The molecule has 100 valence electrons. The van der Waals surface area contributed by atoms with Gasteiger partial charge in [0.2, 0.25) is 5.91 Å². The third-order valence-corrected chi connectivity index (χ3v) is 3.59. The first-order chi connectivity index (χ1) is 8.43. The van der Waals surface area contributed by atoms with Gasteiger partial charge < -0.3 is 10.6 Å². The van der Waals surface area contributed by atoms with E-state index in [1.165, 1.54) is 12.1 Å². The molecule has 0 aliphatic heterocycles. The molecular formula is C13H18FIN2O. The van der Waals surface area contributed by atoms with Crippen molar-refractivity contribution >= 4 is 34.2 Å². The largest absolute Gasteiger partial charge is 0.373 e. The molecule has 0 saturated heterocycles. The van der Waals surface area contributed by atoms with Gasteiger partial charge in [0.15, 0.2) is 0 Å². The number of carbonyl (C=O) groups excluding carboxylic acids is 1. The van der Waals surface area contributed by atoms with E-state index < -0.39 is 0 Å². The maximum Gasteiger partial charge on any atom is 0.242 e. The van der Waals surface area contributed by atoms with Gasteiger partial charge in [-0.25, -0.2) is 4.39 Å². The first kappa shape index (κ1) is 15.2. The fourth-order valence-electron chi connectivity index (χ4n) is 1.38. The van der Waals surface area contributed by atoms with Gasteiger partial charge in [0.05, 0.1) is 0 Å². The molecule has 2 atom stereocenters. The van der Waals surface area contributed by atoms with Crippen molar-refractivity contribution < 1.29 is 9.18 Å². The maximum atomic E-state index is 12.9. The van der Waals surface area contributed by atoms with Crippen LogP contribution in [0.2, 0.25) is 0 Å².